The lowest BCUT2D eigenvalue weighted by atomic mass is 10.3. The van der Waals surface area contributed by atoms with Gasteiger partial charge < -0.3 is 10.6 Å². The maximum Gasteiger partial charge on any atom is 0.126 e. The minimum Gasteiger partial charge on any atom is -0.367 e. The molecule has 0 saturated heterocycles. The van der Waals surface area contributed by atoms with Gasteiger partial charge in [0.15, 0.2) is 0 Å². The van der Waals surface area contributed by atoms with E-state index in [0.29, 0.717) is 6.04 Å². The van der Waals surface area contributed by atoms with Crippen LogP contribution in [0.4, 0.5) is 5.82 Å². The van der Waals surface area contributed by atoms with E-state index >= 15 is 0 Å². The molecule has 0 amide bonds. The molecule has 76 valence electrons. The van der Waals surface area contributed by atoms with Gasteiger partial charge in [0.05, 0.1) is 0 Å². The first-order valence-corrected chi connectivity index (χ1v) is 5.30. The topological polar surface area (TPSA) is 37.0 Å². The Kier molecular flexibility index (Phi) is 2.99. The Morgan fingerprint density at radius 3 is 2.86 bits per heavy atom. The summed E-state index contributed by atoms with van der Waals surface area (Å²) in [5, 5.41) is 6.64. The highest BCUT2D eigenvalue weighted by atomic mass is 15.0. The van der Waals surface area contributed by atoms with E-state index in [4.69, 9.17) is 0 Å². The molecule has 0 radical (unpaired) electrons. The molecule has 1 fully saturated rings. The summed E-state index contributed by atoms with van der Waals surface area (Å²) in [4.78, 5) is 4.36. The molecule has 0 aromatic carbocycles. The number of nitrogens with one attached hydrogen (secondary N) is 2. The normalized spacial score (nSPS) is 15.5. The van der Waals surface area contributed by atoms with E-state index in [1.54, 1.807) is 0 Å². The van der Waals surface area contributed by atoms with E-state index in [0.717, 1.165) is 18.9 Å². The van der Waals surface area contributed by atoms with Gasteiger partial charge in [-0.05, 0) is 31.0 Å². The maximum absolute atomic E-state index is 4.36. The number of nitrogens with zero attached hydrogens (tertiary/aromatic N) is 1. The SMILES string of the molecule is CCNCc1ccc(NC2CC2)nc1. The van der Waals surface area contributed by atoms with E-state index < -0.39 is 0 Å². The first-order valence-electron chi connectivity index (χ1n) is 5.30. The van der Waals surface area contributed by atoms with Gasteiger partial charge in [0, 0.05) is 18.8 Å². The molecule has 0 atom stereocenters. The first-order chi connectivity index (χ1) is 6.88. The van der Waals surface area contributed by atoms with Crippen LogP contribution in [-0.2, 0) is 6.54 Å². The van der Waals surface area contributed by atoms with Crippen molar-refractivity contribution in [2.75, 3.05) is 11.9 Å². The lowest BCUT2D eigenvalue weighted by Crippen LogP contribution is -2.12. The van der Waals surface area contributed by atoms with Crippen molar-refractivity contribution in [3.05, 3.63) is 23.9 Å². The second-order valence-corrected chi connectivity index (χ2v) is 3.75. The zero-order chi connectivity index (χ0) is 9.80. The van der Waals surface area contributed by atoms with Crippen LogP contribution >= 0.6 is 0 Å². The van der Waals surface area contributed by atoms with Gasteiger partial charge in [-0.1, -0.05) is 13.0 Å². The second kappa shape index (κ2) is 4.42. The van der Waals surface area contributed by atoms with Crippen molar-refractivity contribution >= 4 is 5.82 Å². The summed E-state index contributed by atoms with van der Waals surface area (Å²) in [5.41, 5.74) is 1.24. The number of hydrogen-bond acceptors (Lipinski definition) is 3. The van der Waals surface area contributed by atoms with Crippen molar-refractivity contribution < 1.29 is 0 Å². The monoisotopic (exact) mass is 191 g/mol. The molecule has 2 rings (SSSR count). The molecule has 3 nitrogen and oxygen atoms in total. The zero-order valence-corrected chi connectivity index (χ0v) is 8.59. The van der Waals surface area contributed by atoms with Gasteiger partial charge in [0.2, 0.25) is 0 Å². The largest absolute Gasteiger partial charge is 0.367 e. The van der Waals surface area contributed by atoms with Crippen LogP contribution < -0.4 is 10.6 Å². The van der Waals surface area contributed by atoms with Gasteiger partial charge in [-0.25, -0.2) is 4.98 Å². The fourth-order valence-corrected chi connectivity index (χ4v) is 1.32. The lowest BCUT2D eigenvalue weighted by Gasteiger charge is -2.05. The number of aromatic nitrogens is 1. The minimum atomic E-state index is 0.683. The Bertz CT molecular complexity index is 277. The van der Waals surface area contributed by atoms with E-state index in [-0.39, 0.29) is 0 Å². The summed E-state index contributed by atoms with van der Waals surface area (Å²) in [5.74, 6) is 1.01. The van der Waals surface area contributed by atoms with Gasteiger partial charge in [-0.15, -0.1) is 0 Å². The zero-order valence-electron chi connectivity index (χ0n) is 8.59. The Morgan fingerprint density at radius 1 is 1.43 bits per heavy atom. The van der Waals surface area contributed by atoms with Gasteiger partial charge in [0.25, 0.3) is 0 Å². The molecule has 1 aromatic heterocycles. The van der Waals surface area contributed by atoms with E-state index in [1.807, 2.05) is 6.20 Å². The van der Waals surface area contributed by atoms with Crippen molar-refractivity contribution in [3.8, 4) is 0 Å². The Hall–Kier alpha value is -1.09. The first kappa shape index (κ1) is 9.46. The summed E-state index contributed by atoms with van der Waals surface area (Å²) >= 11 is 0. The summed E-state index contributed by atoms with van der Waals surface area (Å²) in [6, 6.07) is 4.87. The van der Waals surface area contributed by atoms with Crippen LogP contribution in [0.5, 0.6) is 0 Å². The van der Waals surface area contributed by atoms with Crippen LogP contribution in [-0.4, -0.2) is 17.6 Å². The second-order valence-electron chi connectivity index (χ2n) is 3.75. The van der Waals surface area contributed by atoms with Crippen molar-refractivity contribution in [3.63, 3.8) is 0 Å². The highest BCUT2D eigenvalue weighted by Gasteiger charge is 2.20. The molecule has 1 aliphatic rings. The molecule has 1 aromatic rings. The molecule has 0 bridgehead atoms. The van der Waals surface area contributed by atoms with Crippen molar-refractivity contribution in [2.24, 2.45) is 0 Å². The predicted molar refractivity (Wildman–Crippen MR) is 58.3 cm³/mol. The minimum absolute atomic E-state index is 0.683. The van der Waals surface area contributed by atoms with Crippen LogP contribution in [0.1, 0.15) is 25.3 Å². The van der Waals surface area contributed by atoms with E-state index in [9.17, 15) is 0 Å². The average Bonchev–Trinajstić information content (AvgIpc) is 3.01. The molecule has 1 aliphatic carbocycles. The highest BCUT2D eigenvalue weighted by molar-refractivity contribution is 5.37. The smallest absolute Gasteiger partial charge is 0.126 e. The summed E-state index contributed by atoms with van der Waals surface area (Å²) in [6.07, 6.45) is 4.52. The van der Waals surface area contributed by atoms with Gasteiger partial charge in [0.1, 0.15) is 5.82 Å². The van der Waals surface area contributed by atoms with Crippen molar-refractivity contribution in [2.45, 2.75) is 32.4 Å². The van der Waals surface area contributed by atoms with Crippen LogP contribution in [0.25, 0.3) is 0 Å². The number of anilines is 1. The van der Waals surface area contributed by atoms with E-state index in [1.165, 1.54) is 18.4 Å². The van der Waals surface area contributed by atoms with Crippen LogP contribution in [0, 0.1) is 0 Å². The molecule has 14 heavy (non-hydrogen) atoms. The number of rotatable bonds is 5. The molecular weight excluding hydrogens is 174 g/mol. The fourth-order valence-electron chi connectivity index (χ4n) is 1.32. The van der Waals surface area contributed by atoms with Gasteiger partial charge in [-0.2, -0.15) is 0 Å². The van der Waals surface area contributed by atoms with Crippen molar-refractivity contribution in [1.29, 1.82) is 0 Å². The summed E-state index contributed by atoms with van der Waals surface area (Å²) < 4.78 is 0. The van der Waals surface area contributed by atoms with Crippen LogP contribution in [0.3, 0.4) is 0 Å². The Labute approximate surface area is 84.9 Å². The molecule has 1 saturated carbocycles. The third kappa shape index (κ3) is 2.70. The third-order valence-corrected chi connectivity index (χ3v) is 2.33. The molecule has 0 aliphatic heterocycles. The van der Waals surface area contributed by atoms with Gasteiger partial charge in [-0.3, -0.25) is 0 Å². The molecule has 3 heteroatoms. The number of hydrogen-bond donors (Lipinski definition) is 2. The Morgan fingerprint density at radius 2 is 2.29 bits per heavy atom. The van der Waals surface area contributed by atoms with Crippen LogP contribution in [0.15, 0.2) is 18.3 Å². The average molecular weight is 191 g/mol. The summed E-state index contributed by atoms with van der Waals surface area (Å²) in [6.45, 7) is 4.02. The third-order valence-electron chi connectivity index (χ3n) is 2.33. The van der Waals surface area contributed by atoms with Gasteiger partial charge >= 0.3 is 0 Å². The summed E-state index contributed by atoms with van der Waals surface area (Å²) in [7, 11) is 0. The maximum atomic E-state index is 4.36. The molecule has 2 N–H and O–H groups in total. The standard InChI is InChI=1S/C11H17N3/c1-2-12-7-9-3-6-11(13-8-9)14-10-4-5-10/h3,6,8,10,12H,2,4-5,7H2,1H3,(H,13,14). The number of pyridine rings is 1. The molecule has 0 spiro atoms. The van der Waals surface area contributed by atoms with Crippen molar-refractivity contribution in [1.82, 2.24) is 10.3 Å². The molecule has 1 heterocycles. The van der Waals surface area contributed by atoms with E-state index in [2.05, 4.69) is 34.7 Å². The predicted octanol–water partition coefficient (Wildman–Crippen LogP) is 1.77. The fraction of sp³-hybridized carbons (Fsp3) is 0.545. The van der Waals surface area contributed by atoms with Crippen LogP contribution in [0.2, 0.25) is 0 Å². The molecule has 0 unspecified atom stereocenters. The highest BCUT2D eigenvalue weighted by Crippen LogP contribution is 2.23. The quantitative estimate of drug-likeness (QED) is 0.744. The molecular formula is C11H17N3. The lowest BCUT2D eigenvalue weighted by molar-refractivity contribution is 0.724. The Balaban J connectivity index is 1.88.